The summed E-state index contributed by atoms with van der Waals surface area (Å²) < 4.78 is 5.76. The minimum atomic E-state index is -1.41. The number of aliphatic hydroxyl groups excluding tert-OH is 3. The van der Waals surface area contributed by atoms with Crippen LogP contribution in [0, 0.1) is 17.8 Å². The highest BCUT2D eigenvalue weighted by atomic mass is 16.5. The third-order valence-electron chi connectivity index (χ3n) is 9.46. The third-order valence-corrected chi connectivity index (χ3v) is 9.46. The van der Waals surface area contributed by atoms with E-state index in [2.05, 4.69) is 16.1 Å². The van der Waals surface area contributed by atoms with Gasteiger partial charge in [-0.05, 0) is 56.7 Å². The molecule has 1 saturated heterocycles. The zero-order chi connectivity index (χ0) is 38.5. The Morgan fingerprint density at radius 3 is 2.46 bits per heavy atom. The Hall–Kier alpha value is -4.53. The number of hydrazine groups is 1. The molecular formula is C38H54N4O10. The summed E-state index contributed by atoms with van der Waals surface area (Å²) in [6.07, 6.45) is 4.52. The predicted molar refractivity (Wildman–Crippen MR) is 192 cm³/mol. The van der Waals surface area contributed by atoms with Gasteiger partial charge in [-0.1, -0.05) is 57.2 Å². The topological polar surface area (TPSA) is 215 Å². The molecule has 3 amide bonds. The molecule has 52 heavy (non-hydrogen) atoms. The fraction of sp³-hybridized carbons (Fsp3) is 0.553. The van der Waals surface area contributed by atoms with Crippen molar-refractivity contribution < 1.29 is 49.1 Å². The van der Waals surface area contributed by atoms with Crippen LogP contribution in [0.5, 0.6) is 5.75 Å². The number of nitrogens with one attached hydrogen (secondary N) is 3. The smallest absolute Gasteiger partial charge is 0.325 e. The Labute approximate surface area is 305 Å². The number of cyclic esters (lactones) is 1. The van der Waals surface area contributed by atoms with Crippen LogP contribution in [0.3, 0.4) is 0 Å². The first-order chi connectivity index (χ1) is 24.6. The van der Waals surface area contributed by atoms with Gasteiger partial charge in [0.15, 0.2) is 0 Å². The molecule has 1 aromatic rings. The van der Waals surface area contributed by atoms with E-state index >= 15 is 0 Å². The maximum Gasteiger partial charge on any atom is 0.325 e. The van der Waals surface area contributed by atoms with E-state index in [1.54, 1.807) is 58.1 Å². The number of benzene rings is 1. The van der Waals surface area contributed by atoms with Crippen LogP contribution >= 0.6 is 0 Å². The van der Waals surface area contributed by atoms with Crippen LogP contribution in [0.1, 0.15) is 72.3 Å². The van der Waals surface area contributed by atoms with Crippen LogP contribution in [0.4, 0.5) is 0 Å². The highest BCUT2D eigenvalue weighted by Crippen LogP contribution is 2.24. The minimum absolute atomic E-state index is 0.0210. The second kappa shape index (κ2) is 19.9. The van der Waals surface area contributed by atoms with Gasteiger partial charge in [0, 0.05) is 37.3 Å². The van der Waals surface area contributed by atoms with Crippen LogP contribution in [0.2, 0.25) is 0 Å². The van der Waals surface area contributed by atoms with Crippen LogP contribution < -0.4 is 16.1 Å². The van der Waals surface area contributed by atoms with Gasteiger partial charge in [-0.25, -0.2) is 5.43 Å². The molecule has 14 nitrogen and oxygen atoms in total. The van der Waals surface area contributed by atoms with Crippen molar-refractivity contribution in [1.29, 1.82) is 0 Å². The lowest BCUT2D eigenvalue weighted by molar-refractivity contribution is -0.156. The summed E-state index contributed by atoms with van der Waals surface area (Å²) in [5.41, 5.74) is 3.85. The number of ketones is 1. The molecule has 1 aromatic carbocycles. The van der Waals surface area contributed by atoms with Crippen molar-refractivity contribution in [2.75, 3.05) is 6.54 Å². The van der Waals surface area contributed by atoms with Gasteiger partial charge in [0.25, 0.3) is 5.91 Å². The molecule has 1 fully saturated rings. The van der Waals surface area contributed by atoms with E-state index in [4.69, 9.17) is 4.74 Å². The van der Waals surface area contributed by atoms with Crippen LogP contribution in [0.25, 0.3) is 0 Å². The number of phenols is 1. The molecular weight excluding hydrogens is 672 g/mol. The van der Waals surface area contributed by atoms with E-state index < -0.39 is 77.9 Å². The Kier molecular flexibility index (Phi) is 16.0. The number of fused-ring (bicyclic) bond motifs is 2. The monoisotopic (exact) mass is 726 g/mol. The van der Waals surface area contributed by atoms with E-state index in [0.717, 1.165) is 6.26 Å². The minimum Gasteiger partial charge on any atom is -0.516 e. The zero-order valence-corrected chi connectivity index (χ0v) is 30.5. The van der Waals surface area contributed by atoms with E-state index in [1.807, 2.05) is 0 Å². The van der Waals surface area contributed by atoms with E-state index in [0.29, 0.717) is 24.0 Å². The molecule has 7 N–H and O–H groups in total. The normalized spacial score (nSPS) is 30.3. The number of nitrogens with zero attached hydrogens (tertiary/aromatic N) is 1. The predicted octanol–water partition coefficient (Wildman–Crippen LogP) is 2.29. The van der Waals surface area contributed by atoms with Gasteiger partial charge < -0.3 is 40.6 Å². The summed E-state index contributed by atoms with van der Waals surface area (Å²) in [4.78, 5) is 67.2. The second-order valence-electron chi connectivity index (χ2n) is 14.0. The summed E-state index contributed by atoms with van der Waals surface area (Å²) in [6.45, 7) is 8.15. The lowest BCUT2D eigenvalue weighted by atomic mass is 9.84. The number of rotatable bonds is 7. The molecule has 286 valence electrons. The number of hydrogen-bond acceptors (Lipinski definition) is 11. The summed E-state index contributed by atoms with van der Waals surface area (Å²) in [5.74, 6) is -5.35. The van der Waals surface area contributed by atoms with Crippen molar-refractivity contribution in [2.24, 2.45) is 17.8 Å². The molecule has 0 radical (unpaired) electrons. The van der Waals surface area contributed by atoms with Gasteiger partial charge in [-0.15, -0.1) is 0 Å². The summed E-state index contributed by atoms with van der Waals surface area (Å²) in [7, 11) is 0. The largest absolute Gasteiger partial charge is 0.516 e. The van der Waals surface area contributed by atoms with Crippen molar-refractivity contribution in [3.05, 3.63) is 66.0 Å². The van der Waals surface area contributed by atoms with Gasteiger partial charge >= 0.3 is 5.97 Å². The first-order valence-corrected chi connectivity index (χ1v) is 17.8. The number of aliphatic hydroxyl groups is 3. The van der Waals surface area contributed by atoms with E-state index in [-0.39, 0.29) is 43.8 Å². The van der Waals surface area contributed by atoms with Crippen LogP contribution in [-0.2, 0) is 35.1 Å². The molecule has 0 aromatic heterocycles. The highest BCUT2D eigenvalue weighted by Gasteiger charge is 2.38. The summed E-state index contributed by atoms with van der Waals surface area (Å²) >= 11 is 0. The molecule has 0 unspecified atom stereocenters. The van der Waals surface area contributed by atoms with Crippen molar-refractivity contribution in [1.82, 2.24) is 21.1 Å². The number of aromatic hydroxyl groups is 1. The summed E-state index contributed by atoms with van der Waals surface area (Å²) in [5, 5.41) is 48.8. The highest BCUT2D eigenvalue weighted by molar-refractivity contribution is 5.93. The van der Waals surface area contributed by atoms with Crippen molar-refractivity contribution in [3.8, 4) is 5.75 Å². The van der Waals surface area contributed by atoms with Gasteiger partial charge in [0.1, 0.15) is 35.8 Å². The molecule has 14 heteroatoms. The average molecular weight is 727 g/mol. The number of ether oxygens (including phenoxy) is 1. The standard InChI is InChI=1S/C38H54N4O10/c1-22(2)33-36(49)39-30(20-26-11-9-12-27(45)19-26)37(50)42-18-10-13-29(41-42)38(51)52-32(23(3)21-43)15-8-6-7-14-31(46)25(5)34(47)28(35(48)40-33)17-16-24(4)44/h6-9,11-12,14,19,21-22,25,28-34,41,43,45-47H,10,13,15-18,20H2,1-5H3,(H,39,49)(H,40,48)/b8-6+,14-7+,23-21+/t25-,28+,29-,30-,31-,32-,33-,34+/m0/s1. The van der Waals surface area contributed by atoms with Gasteiger partial charge in [0.05, 0.1) is 24.4 Å². The van der Waals surface area contributed by atoms with Crippen molar-refractivity contribution in [3.63, 3.8) is 0 Å². The number of phenolic OH excluding ortho intramolecular Hbond substituents is 1. The fourth-order valence-corrected chi connectivity index (χ4v) is 6.13. The number of carbonyl (C=O) groups excluding carboxylic acids is 5. The molecule has 2 aliphatic rings. The number of allylic oxidation sites excluding steroid dienone is 2. The molecule has 8 atom stereocenters. The molecule has 0 aliphatic carbocycles. The fourth-order valence-electron chi connectivity index (χ4n) is 6.13. The van der Waals surface area contributed by atoms with Gasteiger partial charge in [-0.2, -0.15) is 0 Å². The quantitative estimate of drug-likeness (QED) is 0.160. The number of carbonyl (C=O) groups is 5. The van der Waals surface area contributed by atoms with E-state index in [1.165, 1.54) is 30.1 Å². The molecule has 2 heterocycles. The van der Waals surface area contributed by atoms with Crippen LogP contribution in [-0.4, -0.2) is 97.9 Å². The first kappa shape index (κ1) is 41.9. The zero-order valence-electron chi connectivity index (χ0n) is 30.5. The van der Waals surface area contributed by atoms with Crippen molar-refractivity contribution in [2.45, 2.75) is 110 Å². The number of hydrogen-bond donors (Lipinski definition) is 7. The Balaban J connectivity index is 2.05. The Bertz CT molecular complexity index is 1510. The number of amides is 3. The molecule has 2 aliphatic heterocycles. The first-order valence-electron chi connectivity index (χ1n) is 17.8. The lowest BCUT2D eigenvalue weighted by Gasteiger charge is -2.36. The maximum atomic E-state index is 14.1. The van der Waals surface area contributed by atoms with Crippen molar-refractivity contribution >= 4 is 29.5 Å². The van der Waals surface area contributed by atoms with E-state index in [9.17, 15) is 44.4 Å². The average Bonchev–Trinajstić information content (AvgIpc) is 3.11. The van der Waals surface area contributed by atoms with Gasteiger partial charge in [0.2, 0.25) is 11.8 Å². The molecule has 0 spiro atoms. The second-order valence-corrected chi connectivity index (χ2v) is 14.0. The number of esters is 1. The van der Waals surface area contributed by atoms with Gasteiger partial charge in [-0.3, -0.25) is 24.2 Å². The SMILES string of the molecule is CC(=O)CC[C@H]1C(=O)N[C@@H](C(C)C)C(=O)N[C@@H](Cc2cccc(O)c2)C(=O)N2CCC[C@H](N2)C(=O)O[C@H](/C(C)=C/O)C/C=C/C=C/[C@H](O)[C@H](C)[C@H]1O. The Morgan fingerprint density at radius 2 is 1.81 bits per heavy atom. The van der Waals surface area contributed by atoms with Crippen LogP contribution in [0.15, 0.2) is 60.4 Å². The lowest BCUT2D eigenvalue weighted by Crippen LogP contribution is -2.62. The molecule has 2 bridgehead atoms. The molecule has 0 saturated carbocycles. The maximum absolute atomic E-state index is 14.1. The number of Topliss-reactive ketones (excluding diaryl/α,β-unsaturated/α-hetero) is 1. The summed E-state index contributed by atoms with van der Waals surface area (Å²) in [6, 6.07) is 2.93. The Morgan fingerprint density at radius 1 is 1.08 bits per heavy atom. The molecule has 3 rings (SSSR count). The third kappa shape index (κ3) is 12.0.